The van der Waals surface area contributed by atoms with E-state index in [4.69, 9.17) is 4.74 Å². The van der Waals surface area contributed by atoms with E-state index in [-0.39, 0.29) is 12.1 Å². The molecule has 1 atom stereocenters. The van der Waals surface area contributed by atoms with Crippen molar-refractivity contribution in [2.24, 2.45) is 0 Å². The number of thioether (sulfide) groups is 1. The fourth-order valence-electron chi connectivity index (χ4n) is 2.18. The van der Waals surface area contributed by atoms with Gasteiger partial charge in [0.2, 0.25) is 0 Å². The van der Waals surface area contributed by atoms with E-state index in [2.05, 4.69) is 4.98 Å². The van der Waals surface area contributed by atoms with Crippen molar-refractivity contribution >= 4 is 17.9 Å². The van der Waals surface area contributed by atoms with Gasteiger partial charge in [0.05, 0.1) is 5.03 Å². The van der Waals surface area contributed by atoms with E-state index in [1.165, 1.54) is 0 Å². The summed E-state index contributed by atoms with van der Waals surface area (Å²) in [6.07, 6.45) is 3.69. The predicted octanol–water partition coefficient (Wildman–Crippen LogP) is 3.57. The summed E-state index contributed by atoms with van der Waals surface area (Å²) in [6, 6.07) is 6.14. The quantitative estimate of drug-likeness (QED) is 0.799. The van der Waals surface area contributed by atoms with E-state index in [9.17, 15) is 4.79 Å². The van der Waals surface area contributed by atoms with Crippen molar-refractivity contribution in [1.29, 1.82) is 0 Å². The summed E-state index contributed by atoms with van der Waals surface area (Å²) >= 11 is 1.70. The molecule has 1 aliphatic rings. The van der Waals surface area contributed by atoms with Crippen LogP contribution in [0, 0.1) is 0 Å². The van der Waals surface area contributed by atoms with Gasteiger partial charge in [-0.1, -0.05) is 6.07 Å². The number of likely N-dealkylation sites (tertiary alicyclic amines) is 1. The third kappa shape index (κ3) is 4.40. The zero-order valence-corrected chi connectivity index (χ0v) is 13.2. The van der Waals surface area contributed by atoms with E-state index in [0.717, 1.165) is 30.2 Å². The van der Waals surface area contributed by atoms with Gasteiger partial charge in [-0.25, -0.2) is 9.78 Å². The fourth-order valence-corrected chi connectivity index (χ4v) is 3.20. The molecule has 5 heteroatoms. The van der Waals surface area contributed by atoms with Crippen LogP contribution in [0.2, 0.25) is 0 Å². The molecule has 0 N–H and O–H groups in total. The second-order valence-corrected chi connectivity index (χ2v) is 6.99. The number of aromatic nitrogens is 1. The third-order valence-electron chi connectivity index (χ3n) is 3.07. The van der Waals surface area contributed by atoms with Crippen molar-refractivity contribution in [3.63, 3.8) is 0 Å². The van der Waals surface area contributed by atoms with Crippen LogP contribution in [0.3, 0.4) is 0 Å². The summed E-state index contributed by atoms with van der Waals surface area (Å²) in [5.41, 5.74) is -0.432. The molecule has 0 aliphatic carbocycles. The largest absolute Gasteiger partial charge is 0.444 e. The molecule has 0 saturated carbocycles. The van der Waals surface area contributed by atoms with Gasteiger partial charge in [-0.15, -0.1) is 11.8 Å². The van der Waals surface area contributed by atoms with Gasteiger partial charge >= 0.3 is 6.09 Å². The predicted molar refractivity (Wildman–Crippen MR) is 80.9 cm³/mol. The monoisotopic (exact) mass is 294 g/mol. The normalized spacial score (nSPS) is 19.1. The average molecular weight is 294 g/mol. The van der Waals surface area contributed by atoms with Crippen LogP contribution in [0.4, 0.5) is 4.79 Å². The molecule has 2 heterocycles. The molecule has 0 radical (unpaired) electrons. The molecule has 0 spiro atoms. The first-order valence-corrected chi connectivity index (χ1v) is 7.98. The molecule has 110 valence electrons. The minimum atomic E-state index is -0.432. The van der Waals surface area contributed by atoms with Gasteiger partial charge < -0.3 is 9.64 Å². The van der Waals surface area contributed by atoms with Crippen molar-refractivity contribution in [1.82, 2.24) is 9.88 Å². The molecule has 1 unspecified atom stereocenters. The second-order valence-electron chi connectivity index (χ2n) is 5.95. The zero-order valence-electron chi connectivity index (χ0n) is 12.3. The van der Waals surface area contributed by atoms with Gasteiger partial charge in [0.1, 0.15) is 5.60 Å². The van der Waals surface area contributed by atoms with Crippen LogP contribution >= 0.6 is 11.8 Å². The summed E-state index contributed by atoms with van der Waals surface area (Å²) < 4.78 is 5.47. The molecular weight excluding hydrogens is 272 g/mol. The van der Waals surface area contributed by atoms with Crippen molar-refractivity contribution < 1.29 is 9.53 Å². The highest BCUT2D eigenvalue weighted by Gasteiger charge is 2.32. The molecule has 1 saturated heterocycles. The Morgan fingerprint density at radius 3 is 2.95 bits per heavy atom. The highest BCUT2D eigenvalue weighted by molar-refractivity contribution is 7.99. The Kier molecular flexibility index (Phi) is 4.91. The molecule has 1 aliphatic heterocycles. The SMILES string of the molecule is CC(C)(C)OC(=O)N1CCCC1CSc1ccccn1. The van der Waals surface area contributed by atoms with Crippen molar-refractivity contribution in [2.75, 3.05) is 12.3 Å². The van der Waals surface area contributed by atoms with E-state index in [1.807, 2.05) is 43.9 Å². The first-order valence-electron chi connectivity index (χ1n) is 6.99. The van der Waals surface area contributed by atoms with Gasteiger partial charge in [0, 0.05) is 24.5 Å². The third-order valence-corrected chi connectivity index (χ3v) is 4.16. The maximum Gasteiger partial charge on any atom is 0.410 e. The first-order chi connectivity index (χ1) is 9.46. The Labute approximate surface area is 124 Å². The summed E-state index contributed by atoms with van der Waals surface area (Å²) in [5, 5.41) is 1.00. The number of carbonyl (C=O) groups excluding carboxylic acids is 1. The molecular formula is C15H22N2O2S. The maximum atomic E-state index is 12.2. The molecule has 1 amide bonds. The zero-order chi connectivity index (χ0) is 14.6. The molecule has 0 aromatic carbocycles. The van der Waals surface area contributed by atoms with Crippen molar-refractivity contribution in [3.8, 4) is 0 Å². The molecule has 20 heavy (non-hydrogen) atoms. The summed E-state index contributed by atoms with van der Waals surface area (Å²) in [4.78, 5) is 18.3. The Hall–Kier alpha value is -1.23. The fraction of sp³-hybridized carbons (Fsp3) is 0.600. The van der Waals surface area contributed by atoms with Crippen LogP contribution < -0.4 is 0 Å². The molecule has 0 bridgehead atoms. The number of ether oxygens (including phenoxy) is 1. The molecule has 4 nitrogen and oxygen atoms in total. The minimum Gasteiger partial charge on any atom is -0.444 e. The minimum absolute atomic E-state index is 0.193. The lowest BCUT2D eigenvalue weighted by molar-refractivity contribution is 0.0242. The van der Waals surface area contributed by atoms with Gasteiger partial charge in [-0.2, -0.15) is 0 Å². The number of hydrogen-bond acceptors (Lipinski definition) is 4. The number of hydrogen-bond donors (Lipinski definition) is 0. The van der Waals surface area contributed by atoms with Gasteiger partial charge in [0.15, 0.2) is 0 Å². The first kappa shape index (κ1) is 15.2. The second kappa shape index (κ2) is 6.48. The van der Waals surface area contributed by atoms with Gasteiger partial charge in [-0.05, 0) is 45.7 Å². The van der Waals surface area contributed by atoms with Crippen molar-refractivity contribution in [2.45, 2.75) is 50.3 Å². The van der Waals surface area contributed by atoms with E-state index >= 15 is 0 Å². The van der Waals surface area contributed by atoms with Crippen LogP contribution in [0.5, 0.6) is 0 Å². The van der Waals surface area contributed by atoms with E-state index in [1.54, 1.807) is 18.0 Å². The van der Waals surface area contributed by atoms with Crippen LogP contribution in [0.1, 0.15) is 33.6 Å². The smallest absolute Gasteiger partial charge is 0.410 e. The van der Waals surface area contributed by atoms with Gasteiger partial charge in [0.25, 0.3) is 0 Å². The number of pyridine rings is 1. The lowest BCUT2D eigenvalue weighted by Crippen LogP contribution is -2.40. The van der Waals surface area contributed by atoms with E-state index in [0.29, 0.717) is 0 Å². The number of amides is 1. The summed E-state index contributed by atoms with van der Waals surface area (Å²) in [5.74, 6) is 0.871. The number of nitrogens with zero attached hydrogens (tertiary/aromatic N) is 2. The average Bonchev–Trinajstić information content (AvgIpc) is 2.84. The van der Waals surface area contributed by atoms with Gasteiger partial charge in [-0.3, -0.25) is 0 Å². The Balaban J connectivity index is 1.89. The molecule has 1 aromatic rings. The highest BCUT2D eigenvalue weighted by Crippen LogP contribution is 2.26. The lowest BCUT2D eigenvalue weighted by atomic mass is 10.2. The summed E-state index contributed by atoms with van der Waals surface area (Å²) in [6.45, 7) is 6.50. The number of carbonyl (C=O) groups is 1. The molecule has 1 aromatic heterocycles. The summed E-state index contributed by atoms with van der Waals surface area (Å²) in [7, 11) is 0. The Morgan fingerprint density at radius 1 is 1.50 bits per heavy atom. The molecule has 1 fully saturated rings. The maximum absolute atomic E-state index is 12.2. The van der Waals surface area contributed by atoms with Crippen LogP contribution in [0.25, 0.3) is 0 Å². The van der Waals surface area contributed by atoms with Crippen LogP contribution in [0.15, 0.2) is 29.4 Å². The topological polar surface area (TPSA) is 42.4 Å². The Morgan fingerprint density at radius 2 is 2.30 bits per heavy atom. The number of rotatable bonds is 3. The van der Waals surface area contributed by atoms with Crippen LogP contribution in [-0.4, -0.2) is 39.9 Å². The highest BCUT2D eigenvalue weighted by atomic mass is 32.2. The van der Waals surface area contributed by atoms with Crippen molar-refractivity contribution in [3.05, 3.63) is 24.4 Å². The lowest BCUT2D eigenvalue weighted by Gasteiger charge is -2.28. The van der Waals surface area contributed by atoms with Crippen LogP contribution in [-0.2, 0) is 4.74 Å². The Bertz CT molecular complexity index is 445. The standard InChI is InChI=1S/C15H22N2O2S/c1-15(2,3)19-14(18)17-10-6-7-12(17)11-20-13-8-4-5-9-16-13/h4-5,8-9,12H,6-7,10-11H2,1-3H3. The van der Waals surface area contributed by atoms with E-state index < -0.39 is 5.60 Å². The molecule has 2 rings (SSSR count).